The van der Waals surface area contributed by atoms with Gasteiger partial charge in [-0.2, -0.15) is 0 Å². The van der Waals surface area contributed by atoms with Crippen LogP contribution >= 0.6 is 0 Å². The van der Waals surface area contributed by atoms with E-state index in [4.69, 9.17) is 0 Å². The van der Waals surface area contributed by atoms with Gasteiger partial charge in [0.2, 0.25) is 0 Å². The molecule has 2 aromatic carbocycles. The van der Waals surface area contributed by atoms with Gasteiger partial charge in [-0.05, 0) is 29.1 Å². The summed E-state index contributed by atoms with van der Waals surface area (Å²) in [5.74, 6) is 0. The molecule has 0 saturated carbocycles. The van der Waals surface area contributed by atoms with E-state index in [-0.39, 0.29) is 5.56 Å². The number of nitrogens with zero attached hydrogens (tertiary/aromatic N) is 1. The largest absolute Gasteiger partial charge is 0.317 e. The summed E-state index contributed by atoms with van der Waals surface area (Å²) in [6, 6.07) is 15.3. The number of benzene rings is 2. The summed E-state index contributed by atoms with van der Waals surface area (Å²) < 4.78 is 15.8. The van der Waals surface area contributed by atoms with E-state index in [1.807, 2.05) is 54.7 Å². The molecule has 5 heteroatoms. The smallest absolute Gasteiger partial charge is 0.258 e. The van der Waals surface area contributed by atoms with Gasteiger partial charge in [0.05, 0.1) is 0 Å². The molecule has 3 aromatic rings. The highest BCUT2D eigenvalue weighted by molar-refractivity contribution is 7.85. The Morgan fingerprint density at radius 3 is 2.50 bits per heavy atom. The van der Waals surface area contributed by atoms with Crippen LogP contribution in [0.5, 0.6) is 0 Å². The highest BCUT2D eigenvalue weighted by Gasteiger charge is 2.09. The van der Waals surface area contributed by atoms with Gasteiger partial charge in [-0.1, -0.05) is 30.3 Å². The summed E-state index contributed by atoms with van der Waals surface area (Å²) in [6.45, 7) is 0. The fourth-order valence-electron chi connectivity index (χ4n) is 2.56. The third-order valence-electron chi connectivity index (χ3n) is 3.53. The van der Waals surface area contributed by atoms with Crippen LogP contribution in [0.25, 0.3) is 21.9 Å². The average Bonchev–Trinajstić information content (AvgIpc) is 2.50. The van der Waals surface area contributed by atoms with E-state index >= 15 is 0 Å². The summed E-state index contributed by atoms with van der Waals surface area (Å²) >= 11 is 0. The zero-order valence-electron chi connectivity index (χ0n) is 12.4. The van der Waals surface area contributed by atoms with Crippen molar-refractivity contribution in [1.82, 2.24) is 4.57 Å². The molecular weight excluding hydrogens is 296 g/mol. The Morgan fingerprint density at radius 1 is 1.05 bits per heavy atom. The molecule has 0 spiro atoms. The van der Waals surface area contributed by atoms with Crippen LogP contribution in [-0.2, 0) is 18.0 Å². The second-order valence-electron chi connectivity index (χ2n) is 5.14. The first kappa shape index (κ1) is 14.5. The molecule has 0 aliphatic carbocycles. The number of aromatic nitrogens is 1. The molecule has 0 saturated heterocycles. The minimum Gasteiger partial charge on any atom is -0.317 e. The van der Waals surface area contributed by atoms with Gasteiger partial charge in [-0.3, -0.25) is 4.79 Å². The molecule has 22 heavy (non-hydrogen) atoms. The van der Waals surface area contributed by atoms with Crippen molar-refractivity contribution in [3.63, 3.8) is 0 Å². The van der Waals surface area contributed by atoms with Gasteiger partial charge in [-0.15, -0.1) is 0 Å². The molecule has 4 nitrogen and oxygen atoms in total. The van der Waals surface area contributed by atoms with E-state index in [9.17, 15) is 9.00 Å². The van der Waals surface area contributed by atoms with E-state index in [0.29, 0.717) is 5.39 Å². The van der Waals surface area contributed by atoms with E-state index in [0.717, 1.165) is 22.2 Å². The first-order chi connectivity index (χ1) is 10.6. The maximum atomic E-state index is 12.2. The first-order valence-corrected chi connectivity index (χ1v) is 8.41. The number of nitrogens with one attached hydrogen (secondary N) is 1. The van der Waals surface area contributed by atoms with Crippen molar-refractivity contribution in [3.8, 4) is 11.1 Å². The van der Waals surface area contributed by atoms with Crippen LogP contribution in [0.3, 0.4) is 0 Å². The van der Waals surface area contributed by atoms with Gasteiger partial charge in [0.15, 0.2) is 0 Å². The molecule has 0 amide bonds. The molecular formula is C17H16N2O2S. The summed E-state index contributed by atoms with van der Waals surface area (Å²) in [4.78, 5) is 12.2. The number of fused-ring (bicyclic) bond motifs is 1. The quantitative estimate of drug-likeness (QED) is 0.808. The lowest BCUT2D eigenvalue weighted by Gasteiger charge is -2.11. The average molecular weight is 312 g/mol. The van der Waals surface area contributed by atoms with Crippen LogP contribution in [0, 0.1) is 0 Å². The molecule has 1 atom stereocenters. The molecule has 1 heterocycles. The standard InChI is InChI=1S/C17H16N2O2S/c1-19-11-16(14-8-3-4-9-15(14)17(19)20)12-6-5-7-13(10-12)18-22(2)21/h3-11,18H,1-2H3. The fourth-order valence-corrected chi connectivity index (χ4v) is 3.02. The molecule has 3 rings (SSSR count). The van der Waals surface area contributed by atoms with Gasteiger partial charge in [0.25, 0.3) is 5.56 Å². The predicted molar refractivity (Wildman–Crippen MR) is 92.3 cm³/mol. The van der Waals surface area contributed by atoms with Crippen LogP contribution < -0.4 is 10.3 Å². The van der Waals surface area contributed by atoms with Gasteiger partial charge in [0.1, 0.15) is 11.0 Å². The molecule has 0 fully saturated rings. The van der Waals surface area contributed by atoms with Crippen molar-refractivity contribution in [2.75, 3.05) is 11.0 Å². The van der Waals surface area contributed by atoms with Crippen molar-refractivity contribution in [2.24, 2.45) is 7.05 Å². The Bertz CT molecular complexity index is 931. The molecule has 1 unspecified atom stereocenters. The maximum Gasteiger partial charge on any atom is 0.258 e. The van der Waals surface area contributed by atoms with E-state index in [2.05, 4.69) is 4.72 Å². The topological polar surface area (TPSA) is 51.1 Å². The molecule has 0 aliphatic heterocycles. The zero-order chi connectivity index (χ0) is 15.7. The van der Waals surface area contributed by atoms with Crippen LogP contribution in [-0.4, -0.2) is 15.0 Å². The number of hydrogen-bond donors (Lipinski definition) is 1. The van der Waals surface area contributed by atoms with Crippen molar-refractivity contribution < 1.29 is 4.21 Å². The molecule has 112 valence electrons. The lowest BCUT2D eigenvalue weighted by atomic mass is 10.0. The molecule has 0 aliphatic rings. The highest BCUT2D eigenvalue weighted by atomic mass is 32.2. The number of hydrogen-bond acceptors (Lipinski definition) is 2. The molecule has 1 aromatic heterocycles. The SMILES string of the molecule is Cn1cc(-c2cccc(NS(C)=O)c2)c2ccccc2c1=O. The number of aryl methyl sites for hydroxylation is 1. The van der Waals surface area contributed by atoms with Crippen LogP contribution in [0.4, 0.5) is 5.69 Å². The zero-order valence-corrected chi connectivity index (χ0v) is 13.2. The number of rotatable bonds is 3. The van der Waals surface area contributed by atoms with E-state index in [1.165, 1.54) is 0 Å². The summed E-state index contributed by atoms with van der Waals surface area (Å²) in [6.07, 6.45) is 3.43. The van der Waals surface area contributed by atoms with Gasteiger partial charge in [-0.25, -0.2) is 4.21 Å². The third kappa shape index (κ3) is 2.67. The molecule has 0 radical (unpaired) electrons. The Hall–Kier alpha value is -2.40. The van der Waals surface area contributed by atoms with E-state index in [1.54, 1.807) is 17.9 Å². The number of pyridine rings is 1. The Balaban J connectivity index is 2.25. The number of anilines is 1. The van der Waals surface area contributed by atoms with Gasteiger partial charge < -0.3 is 9.29 Å². The van der Waals surface area contributed by atoms with Crippen molar-refractivity contribution in [1.29, 1.82) is 0 Å². The summed E-state index contributed by atoms with van der Waals surface area (Å²) in [5, 5.41) is 1.61. The second kappa shape index (κ2) is 5.77. The monoisotopic (exact) mass is 312 g/mol. The molecule has 1 N–H and O–H groups in total. The Morgan fingerprint density at radius 2 is 1.77 bits per heavy atom. The fraction of sp³-hybridized carbons (Fsp3) is 0.118. The summed E-state index contributed by atoms with van der Waals surface area (Å²) in [7, 11) is 0.630. The second-order valence-corrected chi connectivity index (χ2v) is 6.25. The summed E-state index contributed by atoms with van der Waals surface area (Å²) in [5.41, 5.74) is 2.73. The van der Waals surface area contributed by atoms with Crippen LogP contribution in [0.1, 0.15) is 0 Å². The van der Waals surface area contributed by atoms with Crippen molar-refractivity contribution in [3.05, 3.63) is 65.1 Å². The lowest BCUT2D eigenvalue weighted by Crippen LogP contribution is -2.16. The highest BCUT2D eigenvalue weighted by Crippen LogP contribution is 2.28. The Kier molecular flexibility index (Phi) is 3.81. The predicted octanol–water partition coefficient (Wildman–Crippen LogP) is 2.91. The van der Waals surface area contributed by atoms with Gasteiger partial charge >= 0.3 is 0 Å². The minimum absolute atomic E-state index is 0.0108. The Labute approximate surface area is 131 Å². The first-order valence-electron chi connectivity index (χ1n) is 6.85. The molecule has 0 bridgehead atoms. The lowest BCUT2D eigenvalue weighted by molar-refractivity contribution is 0.690. The van der Waals surface area contributed by atoms with Gasteiger partial charge in [0, 0.05) is 36.1 Å². The van der Waals surface area contributed by atoms with Crippen molar-refractivity contribution in [2.45, 2.75) is 0 Å². The van der Waals surface area contributed by atoms with Crippen LogP contribution in [0.2, 0.25) is 0 Å². The van der Waals surface area contributed by atoms with Crippen molar-refractivity contribution >= 4 is 27.4 Å². The third-order valence-corrected chi connectivity index (χ3v) is 4.05. The minimum atomic E-state index is -1.12. The normalized spacial score (nSPS) is 12.3. The maximum absolute atomic E-state index is 12.2. The van der Waals surface area contributed by atoms with E-state index < -0.39 is 11.0 Å². The van der Waals surface area contributed by atoms with Crippen LogP contribution in [0.15, 0.2) is 59.5 Å².